The van der Waals surface area contributed by atoms with Crippen LogP contribution in [0.1, 0.15) is 34.8 Å². The Morgan fingerprint density at radius 3 is 2.53 bits per heavy atom. The Bertz CT molecular complexity index is 528. The van der Waals surface area contributed by atoms with Gasteiger partial charge in [0.1, 0.15) is 0 Å². The van der Waals surface area contributed by atoms with Crippen LogP contribution in [0.3, 0.4) is 0 Å². The summed E-state index contributed by atoms with van der Waals surface area (Å²) in [5.41, 5.74) is 1.97. The molecule has 1 aromatic heterocycles. The van der Waals surface area contributed by atoms with E-state index in [1.165, 1.54) is 5.69 Å². The first-order valence-electron chi connectivity index (χ1n) is 6.68. The number of likely N-dealkylation sites (tertiary alicyclic amines) is 1. The van der Waals surface area contributed by atoms with E-state index in [-0.39, 0.29) is 5.91 Å². The van der Waals surface area contributed by atoms with Crippen molar-refractivity contribution in [2.24, 2.45) is 0 Å². The number of carbonyl (C=O) groups is 1. The van der Waals surface area contributed by atoms with E-state index >= 15 is 0 Å². The molecular weight excluding hydrogens is 238 g/mol. The van der Waals surface area contributed by atoms with Gasteiger partial charge in [-0.2, -0.15) is 5.10 Å². The fraction of sp³-hybridized carbons (Fsp3) is 0.333. The van der Waals surface area contributed by atoms with Crippen LogP contribution in [0.2, 0.25) is 0 Å². The number of piperidine rings is 1. The Morgan fingerprint density at radius 2 is 1.89 bits per heavy atom. The number of benzene rings is 1. The number of amides is 1. The quantitative estimate of drug-likeness (QED) is 0.896. The van der Waals surface area contributed by atoms with Crippen LogP contribution in [0.5, 0.6) is 0 Å². The number of nitrogens with zero attached hydrogens (tertiary/aromatic N) is 2. The van der Waals surface area contributed by atoms with E-state index in [9.17, 15) is 4.79 Å². The minimum atomic E-state index is 0.142. The van der Waals surface area contributed by atoms with Gasteiger partial charge in [-0.05, 0) is 31.0 Å². The van der Waals surface area contributed by atoms with E-state index in [2.05, 4.69) is 10.2 Å². The lowest BCUT2D eigenvalue weighted by atomic mass is 9.93. The predicted molar refractivity (Wildman–Crippen MR) is 72.9 cm³/mol. The van der Waals surface area contributed by atoms with Crippen LogP contribution in [0, 0.1) is 0 Å². The van der Waals surface area contributed by atoms with Gasteiger partial charge in [-0.3, -0.25) is 9.89 Å². The maximum Gasteiger partial charge on any atom is 0.253 e. The molecule has 0 atom stereocenters. The van der Waals surface area contributed by atoms with Crippen molar-refractivity contribution in [3.63, 3.8) is 0 Å². The zero-order chi connectivity index (χ0) is 13.1. The Balaban J connectivity index is 1.63. The molecule has 1 N–H and O–H groups in total. The molecule has 0 aliphatic carbocycles. The van der Waals surface area contributed by atoms with Gasteiger partial charge in [0, 0.05) is 36.5 Å². The third-order valence-electron chi connectivity index (χ3n) is 3.77. The summed E-state index contributed by atoms with van der Waals surface area (Å²) in [6, 6.07) is 11.5. The van der Waals surface area contributed by atoms with Crippen molar-refractivity contribution in [2.75, 3.05) is 13.1 Å². The molecule has 0 bridgehead atoms. The van der Waals surface area contributed by atoms with E-state index in [1.807, 2.05) is 41.3 Å². The largest absolute Gasteiger partial charge is 0.339 e. The highest BCUT2D eigenvalue weighted by Gasteiger charge is 2.24. The molecular formula is C15H17N3O. The Kier molecular flexibility index (Phi) is 3.31. The molecule has 0 spiro atoms. The number of rotatable bonds is 2. The number of aromatic nitrogens is 2. The van der Waals surface area contributed by atoms with Crippen LogP contribution < -0.4 is 0 Å². The highest BCUT2D eigenvalue weighted by molar-refractivity contribution is 5.94. The molecule has 1 saturated heterocycles. The molecule has 0 unspecified atom stereocenters. The molecule has 0 saturated carbocycles. The Morgan fingerprint density at radius 1 is 1.16 bits per heavy atom. The third kappa shape index (κ3) is 2.52. The first-order valence-corrected chi connectivity index (χ1v) is 6.68. The third-order valence-corrected chi connectivity index (χ3v) is 3.77. The molecule has 98 valence electrons. The lowest BCUT2D eigenvalue weighted by Gasteiger charge is -2.31. The average Bonchev–Trinajstić information content (AvgIpc) is 3.02. The molecule has 3 rings (SSSR count). The number of nitrogens with one attached hydrogen (secondary N) is 1. The van der Waals surface area contributed by atoms with Gasteiger partial charge in [0.2, 0.25) is 0 Å². The van der Waals surface area contributed by atoms with Crippen LogP contribution in [-0.4, -0.2) is 34.1 Å². The predicted octanol–water partition coefficient (Wildman–Crippen LogP) is 2.43. The molecule has 1 amide bonds. The van der Waals surface area contributed by atoms with Gasteiger partial charge < -0.3 is 4.90 Å². The van der Waals surface area contributed by atoms with Crippen molar-refractivity contribution in [1.29, 1.82) is 0 Å². The topological polar surface area (TPSA) is 49.0 Å². The van der Waals surface area contributed by atoms with Crippen LogP contribution >= 0.6 is 0 Å². The molecule has 1 fully saturated rings. The van der Waals surface area contributed by atoms with Gasteiger partial charge >= 0.3 is 0 Å². The zero-order valence-electron chi connectivity index (χ0n) is 10.7. The SMILES string of the molecule is O=C(c1ccccc1)N1CCC(c2ccn[nH]2)CC1. The number of H-pyrrole nitrogens is 1. The van der Waals surface area contributed by atoms with Crippen LogP contribution in [0.4, 0.5) is 0 Å². The molecule has 4 nitrogen and oxygen atoms in total. The molecule has 1 aromatic carbocycles. The summed E-state index contributed by atoms with van der Waals surface area (Å²) < 4.78 is 0. The molecule has 19 heavy (non-hydrogen) atoms. The highest BCUT2D eigenvalue weighted by atomic mass is 16.2. The molecule has 2 heterocycles. The first-order chi connectivity index (χ1) is 9.34. The molecule has 0 radical (unpaired) electrons. The van der Waals surface area contributed by atoms with Gasteiger partial charge in [-0.1, -0.05) is 18.2 Å². The molecule has 2 aromatic rings. The number of hydrogen-bond donors (Lipinski definition) is 1. The summed E-state index contributed by atoms with van der Waals surface area (Å²) in [6.07, 6.45) is 3.79. The van der Waals surface area contributed by atoms with Gasteiger partial charge in [0.15, 0.2) is 0 Å². The molecule has 1 aliphatic heterocycles. The standard InChI is InChI=1S/C15H17N3O/c19-15(13-4-2-1-3-5-13)18-10-7-12(8-11-18)14-6-9-16-17-14/h1-6,9,12H,7-8,10-11H2,(H,16,17). The minimum Gasteiger partial charge on any atom is -0.339 e. The lowest BCUT2D eigenvalue weighted by Crippen LogP contribution is -2.37. The first kappa shape index (κ1) is 12.0. The maximum absolute atomic E-state index is 12.3. The number of hydrogen-bond acceptors (Lipinski definition) is 2. The van der Waals surface area contributed by atoms with E-state index in [4.69, 9.17) is 0 Å². The fourth-order valence-corrected chi connectivity index (χ4v) is 2.65. The summed E-state index contributed by atoms with van der Waals surface area (Å²) in [4.78, 5) is 14.2. The second-order valence-corrected chi connectivity index (χ2v) is 4.94. The summed E-state index contributed by atoms with van der Waals surface area (Å²) in [7, 11) is 0. The van der Waals surface area contributed by atoms with E-state index in [1.54, 1.807) is 6.20 Å². The van der Waals surface area contributed by atoms with Crippen molar-refractivity contribution < 1.29 is 4.79 Å². The van der Waals surface area contributed by atoms with Crippen molar-refractivity contribution in [3.8, 4) is 0 Å². The van der Waals surface area contributed by atoms with E-state index in [0.717, 1.165) is 31.5 Å². The summed E-state index contributed by atoms with van der Waals surface area (Å²) >= 11 is 0. The van der Waals surface area contributed by atoms with Crippen LogP contribution in [0.15, 0.2) is 42.6 Å². The second-order valence-electron chi connectivity index (χ2n) is 4.94. The highest BCUT2D eigenvalue weighted by Crippen LogP contribution is 2.26. The summed E-state index contributed by atoms with van der Waals surface area (Å²) in [6.45, 7) is 1.63. The van der Waals surface area contributed by atoms with Crippen LogP contribution in [0.25, 0.3) is 0 Å². The second kappa shape index (κ2) is 5.26. The van der Waals surface area contributed by atoms with Crippen molar-refractivity contribution in [3.05, 3.63) is 53.9 Å². The van der Waals surface area contributed by atoms with Gasteiger partial charge in [0.25, 0.3) is 5.91 Å². The van der Waals surface area contributed by atoms with Crippen molar-refractivity contribution in [1.82, 2.24) is 15.1 Å². The minimum absolute atomic E-state index is 0.142. The number of carbonyl (C=O) groups excluding carboxylic acids is 1. The van der Waals surface area contributed by atoms with Crippen LogP contribution in [-0.2, 0) is 0 Å². The maximum atomic E-state index is 12.3. The number of aromatic amines is 1. The summed E-state index contributed by atoms with van der Waals surface area (Å²) in [5, 5.41) is 7.02. The monoisotopic (exact) mass is 255 g/mol. The Hall–Kier alpha value is -2.10. The van der Waals surface area contributed by atoms with Crippen molar-refractivity contribution >= 4 is 5.91 Å². The normalized spacial score (nSPS) is 16.5. The average molecular weight is 255 g/mol. The van der Waals surface area contributed by atoms with Gasteiger partial charge in [0.05, 0.1) is 0 Å². The van der Waals surface area contributed by atoms with Gasteiger partial charge in [-0.25, -0.2) is 0 Å². The molecule has 1 aliphatic rings. The summed E-state index contributed by atoms with van der Waals surface area (Å²) in [5.74, 6) is 0.644. The van der Waals surface area contributed by atoms with E-state index in [0.29, 0.717) is 5.92 Å². The van der Waals surface area contributed by atoms with E-state index < -0.39 is 0 Å². The van der Waals surface area contributed by atoms with Crippen molar-refractivity contribution in [2.45, 2.75) is 18.8 Å². The lowest BCUT2D eigenvalue weighted by molar-refractivity contribution is 0.0712. The molecule has 4 heteroatoms. The fourth-order valence-electron chi connectivity index (χ4n) is 2.65. The Labute approximate surface area is 112 Å². The zero-order valence-corrected chi connectivity index (χ0v) is 10.7. The smallest absolute Gasteiger partial charge is 0.253 e. The van der Waals surface area contributed by atoms with Gasteiger partial charge in [-0.15, -0.1) is 0 Å².